The van der Waals surface area contributed by atoms with Crippen LogP contribution in [0.4, 0.5) is 0 Å². The number of allylic oxidation sites excluding steroid dienone is 15. The van der Waals surface area contributed by atoms with Gasteiger partial charge in [-0.1, -0.05) is 111 Å². The maximum absolute atomic E-state index is 11.4. The van der Waals surface area contributed by atoms with E-state index in [9.17, 15) is 15.0 Å². The van der Waals surface area contributed by atoms with Crippen molar-refractivity contribution in [2.45, 2.75) is 131 Å². The topological polar surface area (TPSA) is 79.3 Å². The Morgan fingerprint density at radius 2 is 1.30 bits per heavy atom. The van der Waals surface area contributed by atoms with Crippen molar-refractivity contribution in [3.8, 4) is 0 Å². The molecule has 1 saturated heterocycles. The molecule has 0 unspecified atom stereocenters. The summed E-state index contributed by atoms with van der Waals surface area (Å²) < 4.78 is 11.7. The van der Waals surface area contributed by atoms with Gasteiger partial charge in [0.2, 0.25) is 0 Å². The van der Waals surface area contributed by atoms with Crippen LogP contribution in [0.5, 0.6) is 0 Å². The average Bonchev–Trinajstić information content (AvgIpc) is 3.53. The standard InChI is InChI=1S/C42H58O5/c1-30(18-14-20-32(3)22-23-37-38(6,7)28-36(46-34(5)43)29-40(37,10)45)16-12-13-17-31(2)19-15-21-33(4)24-25-42-39(8,9)26-35(44)27-41(42,11)47-42/h12-22,24-25,35-36,44-45H,26-29H2,1-11H3/b13-12+,18-14+,19-15+,25-24+,30-16+,31-17+,32-20+,33-21+/t23?,35-,36+,40+,41-,42+/m1/s1. The molecule has 2 N–H and O–H groups in total. The molecule has 1 heterocycles. The molecule has 3 rings (SSSR count). The van der Waals surface area contributed by atoms with Gasteiger partial charge in [0.1, 0.15) is 17.3 Å². The zero-order chi connectivity index (χ0) is 35.3. The van der Waals surface area contributed by atoms with Gasteiger partial charge in [0.15, 0.2) is 0 Å². The Hall–Kier alpha value is -3.21. The molecule has 0 bridgehead atoms. The highest BCUT2D eigenvalue weighted by Crippen LogP contribution is 2.66. The summed E-state index contributed by atoms with van der Waals surface area (Å²) >= 11 is 0. The molecule has 3 fully saturated rings. The predicted octanol–water partition coefficient (Wildman–Crippen LogP) is 9.29. The van der Waals surface area contributed by atoms with Crippen LogP contribution < -0.4 is 0 Å². The summed E-state index contributed by atoms with van der Waals surface area (Å²) in [5, 5.41) is 21.4. The number of epoxide rings is 1. The molecular formula is C42H58O5. The molecular weight excluding hydrogens is 584 g/mol. The molecule has 0 radical (unpaired) electrons. The largest absolute Gasteiger partial charge is 0.462 e. The van der Waals surface area contributed by atoms with Crippen LogP contribution in [0.15, 0.2) is 113 Å². The zero-order valence-corrected chi connectivity index (χ0v) is 30.6. The van der Waals surface area contributed by atoms with E-state index in [0.29, 0.717) is 19.3 Å². The van der Waals surface area contributed by atoms with Crippen molar-refractivity contribution in [3.63, 3.8) is 0 Å². The van der Waals surface area contributed by atoms with Gasteiger partial charge in [0.25, 0.3) is 0 Å². The van der Waals surface area contributed by atoms with Crippen molar-refractivity contribution in [1.29, 1.82) is 0 Å². The van der Waals surface area contributed by atoms with Gasteiger partial charge in [0, 0.05) is 30.8 Å². The van der Waals surface area contributed by atoms with Gasteiger partial charge in [-0.05, 0) is 77.5 Å². The van der Waals surface area contributed by atoms with Gasteiger partial charge in [-0.3, -0.25) is 4.79 Å². The number of aliphatic hydroxyl groups excluding tert-OH is 1. The Balaban J connectivity index is 1.54. The SMILES string of the molecule is CC(=O)O[C@H]1CC(C)(C)C(=C=C/C(C)=C/C=C/C(C)=C/C=C/C=C(C)/C=C/C=C(C)/C=C/[C@@]23O[C@]2(C)C[C@H](O)CC3(C)C)[C@@](C)(O)C1. The molecule has 0 amide bonds. The molecule has 2 aliphatic carbocycles. The number of fused-ring (bicyclic) bond motifs is 1. The summed E-state index contributed by atoms with van der Waals surface area (Å²) in [6.07, 6.45) is 28.7. The van der Waals surface area contributed by atoms with Crippen LogP contribution in [-0.4, -0.2) is 45.2 Å². The van der Waals surface area contributed by atoms with Crippen molar-refractivity contribution >= 4 is 5.97 Å². The minimum absolute atomic E-state index is 0.109. The maximum atomic E-state index is 11.4. The van der Waals surface area contributed by atoms with Crippen LogP contribution in [0.2, 0.25) is 0 Å². The fourth-order valence-corrected chi connectivity index (χ4v) is 7.53. The van der Waals surface area contributed by atoms with E-state index in [0.717, 1.165) is 34.3 Å². The summed E-state index contributed by atoms with van der Waals surface area (Å²) in [6.45, 7) is 22.0. The summed E-state index contributed by atoms with van der Waals surface area (Å²) in [4.78, 5) is 11.4. The second-order valence-corrected chi connectivity index (χ2v) is 15.6. The van der Waals surface area contributed by atoms with Crippen molar-refractivity contribution in [3.05, 3.63) is 113 Å². The fraction of sp³-hybridized carbons (Fsp3) is 0.524. The molecule has 1 aliphatic heterocycles. The second kappa shape index (κ2) is 14.9. The Morgan fingerprint density at radius 1 is 0.766 bits per heavy atom. The first-order valence-corrected chi connectivity index (χ1v) is 16.9. The Labute approximate surface area is 284 Å². The van der Waals surface area contributed by atoms with Crippen LogP contribution in [-0.2, 0) is 14.3 Å². The van der Waals surface area contributed by atoms with Gasteiger partial charge in [-0.25, -0.2) is 0 Å². The quantitative estimate of drug-likeness (QED) is 0.107. The summed E-state index contributed by atoms with van der Waals surface area (Å²) in [5.74, 6) is -0.318. The molecule has 0 aromatic rings. The lowest BCUT2D eigenvalue weighted by molar-refractivity contribution is -0.152. The first-order chi connectivity index (χ1) is 21.7. The van der Waals surface area contributed by atoms with E-state index in [4.69, 9.17) is 9.47 Å². The highest BCUT2D eigenvalue weighted by molar-refractivity contribution is 5.66. The van der Waals surface area contributed by atoms with Gasteiger partial charge in [-0.2, -0.15) is 0 Å². The van der Waals surface area contributed by atoms with Gasteiger partial charge in [-0.15, -0.1) is 5.73 Å². The molecule has 0 aromatic heterocycles. The molecule has 5 heteroatoms. The summed E-state index contributed by atoms with van der Waals surface area (Å²) in [7, 11) is 0. The molecule has 0 spiro atoms. The highest BCUT2D eigenvalue weighted by Gasteiger charge is 2.74. The van der Waals surface area contributed by atoms with Crippen molar-refractivity contribution in [1.82, 2.24) is 0 Å². The van der Waals surface area contributed by atoms with E-state index in [1.165, 1.54) is 6.92 Å². The fourth-order valence-electron chi connectivity index (χ4n) is 7.53. The number of ether oxygens (including phenoxy) is 2. The van der Waals surface area contributed by atoms with Crippen LogP contribution >= 0.6 is 0 Å². The number of rotatable bonds is 10. The number of hydrogen-bond donors (Lipinski definition) is 2. The summed E-state index contributed by atoms with van der Waals surface area (Å²) in [5.41, 5.74) is 6.50. The Kier molecular flexibility index (Phi) is 12.1. The average molecular weight is 643 g/mol. The normalized spacial score (nSPS) is 33.1. The third kappa shape index (κ3) is 9.90. The van der Waals surface area contributed by atoms with Crippen LogP contribution in [0, 0.1) is 10.8 Å². The molecule has 47 heavy (non-hydrogen) atoms. The minimum Gasteiger partial charge on any atom is -0.462 e. The Bertz CT molecular complexity index is 1470. The lowest BCUT2D eigenvalue weighted by atomic mass is 9.63. The maximum Gasteiger partial charge on any atom is 0.302 e. The summed E-state index contributed by atoms with van der Waals surface area (Å²) in [6, 6.07) is 0. The smallest absolute Gasteiger partial charge is 0.302 e. The van der Waals surface area contributed by atoms with Crippen molar-refractivity contribution in [2.75, 3.05) is 0 Å². The lowest BCUT2D eigenvalue weighted by Crippen LogP contribution is -2.46. The first kappa shape index (κ1) is 38.2. The van der Waals surface area contributed by atoms with E-state index >= 15 is 0 Å². The third-order valence-electron chi connectivity index (χ3n) is 9.71. The zero-order valence-electron chi connectivity index (χ0n) is 30.6. The van der Waals surface area contributed by atoms with E-state index in [-0.39, 0.29) is 40.2 Å². The van der Waals surface area contributed by atoms with Gasteiger partial charge < -0.3 is 19.7 Å². The van der Waals surface area contributed by atoms with Gasteiger partial charge in [0.05, 0.1) is 11.7 Å². The molecule has 5 nitrogen and oxygen atoms in total. The monoisotopic (exact) mass is 642 g/mol. The van der Waals surface area contributed by atoms with E-state index in [1.54, 1.807) is 6.92 Å². The van der Waals surface area contributed by atoms with E-state index in [2.05, 4.69) is 110 Å². The van der Waals surface area contributed by atoms with Gasteiger partial charge >= 0.3 is 5.97 Å². The number of hydrogen-bond acceptors (Lipinski definition) is 5. The third-order valence-corrected chi connectivity index (χ3v) is 9.71. The number of carbonyl (C=O) groups is 1. The molecule has 0 aromatic carbocycles. The van der Waals surface area contributed by atoms with Crippen LogP contribution in [0.3, 0.4) is 0 Å². The second-order valence-electron chi connectivity index (χ2n) is 15.6. The van der Waals surface area contributed by atoms with Crippen LogP contribution in [0.25, 0.3) is 0 Å². The molecule has 3 aliphatic rings. The van der Waals surface area contributed by atoms with E-state index < -0.39 is 5.60 Å². The molecule has 256 valence electrons. The predicted molar refractivity (Wildman–Crippen MR) is 194 cm³/mol. The number of aliphatic hydroxyl groups is 2. The van der Waals surface area contributed by atoms with Crippen LogP contribution in [0.1, 0.15) is 102 Å². The van der Waals surface area contributed by atoms with E-state index in [1.807, 2.05) is 37.3 Å². The lowest BCUT2D eigenvalue weighted by Gasteiger charge is -2.44. The minimum atomic E-state index is -1.09. The first-order valence-electron chi connectivity index (χ1n) is 16.9. The number of esters is 1. The molecule has 5 atom stereocenters. The van der Waals surface area contributed by atoms with Crippen molar-refractivity contribution in [2.24, 2.45) is 10.8 Å². The highest BCUT2D eigenvalue weighted by atomic mass is 16.6. The van der Waals surface area contributed by atoms with Crippen molar-refractivity contribution < 1.29 is 24.5 Å². The molecule has 2 saturated carbocycles. The Morgan fingerprint density at radius 3 is 1.83 bits per heavy atom. The number of carbonyl (C=O) groups excluding carboxylic acids is 1.